The first-order chi connectivity index (χ1) is 15.6. The number of hydrogen-bond donors (Lipinski definition) is 1. The number of rotatable bonds is 7. The van der Waals surface area contributed by atoms with Crippen LogP contribution >= 0.6 is 15.9 Å². The highest BCUT2D eigenvalue weighted by Crippen LogP contribution is 2.66. The first kappa shape index (κ1) is 25.2. The Bertz CT molecular complexity index is 795. The number of carbonyl (C=O) groups is 1. The fourth-order valence-corrected chi connectivity index (χ4v) is 8.63. The molecule has 0 heterocycles. The largest absolute Gasteiger partial charge is 0.461 e. The van der Waals surface area contributed by atoms with Crippen molar-refractivity contribution < 1.29 is 24.4 Å². The lowest BCUT2D eigenvalue weighted by Gasteiger charge is -2.58. The molecule has 0 saturated heterocycles. The Kier molecular flexibility index (Phi) is 7.39. The average molecular weight is 526 g/mol. The Labute approximate surface area is 207 Å². The van der Waals surface area contributed by atoms with E-state index in [1.807, 2.05) is 6.92 Å². The van der Waals surface area contributed by atoms with E-state index >= 15 is 0 Å². The summed E-state index contributed by atoms with van der Waals surface area (Å²) in [6.45, 7) is 12.5. The van der Waals surface area contributed by atoms with Gasteiger partial charge in [-0.05, 0) is 68.1 Å². The summed E-state index contributed by atoms with van der Waals surface area (Å²) in [5.74, 6) is 1.51. The normalized spacial score (nSPS) is 44.2. The maximum atomic E-state index is 12.1. The summed E-state index contributed by atoms with van der Waals surface area (Å²) in [5.41, 5.74) is 1.30. The molecule has 9 atom stereocenters. The van der Waals surface area contributed by atoms with Crippen molar-refractivity contribution in [2.45, 2.75) is 109 Å². The second-order valence-electron chi connectivity index (χ2n) is 11.3. The number of carbonyl (C=O) groups excluding carboxylic acids is 1. The van der Waals surface area contributed by atoms with Crippen molar-refractivity contribution in [2.24, 2.45) is 28.6 Å². The zero-order valence-corrected chi connectivity index (χ0v) is 22.2. The smallest absolute Gasteiger partial charge is 0.305 e. The summed E-state index contributed by atoms with van der Waals surface area (Å²) in [5, 5.41) is 11.4. The van der Waals surface area contributed by atoms with Gasteiger partial charge in [0, 0.05) is 18.3 Å². The molecule has 3 fully saturated rings. The van der Waals surface area contributed by atoms with Crippen molar-refractivity contribution in [2.75, 3.05) is 0 Å². The number of alkyl halides is 1. The van der Waals surface area contributed by atoms with Crippen molar-refractivity contribution in [1.29, 1.82) is 0 Å². The molecular formula is C27H41BrO5. The van der Waals surface area contributed by atoms with Crippen molar-refractivity contribution in [3.05, 3.63) is 24.0 Å². The van der Waals surface area contributed by atoms with Crippen LogP contribution in [0.25, 0.3) is 0 Å². The zero-order chi connectivity index (χ0) is 24.0. The minimum absolute atomic E-state index is 0.00627. The topological polar surface area (TPSA) is 65.0 Å². The standard InChI is InChI=1S/C27H41BrO5/c1-6-8-16(3)32-33-18-9-11-26(4)17(13-18)14-22(29)24-19(26)10-12-27(5)20(24)15-21(28)25(27)31-23(30)7-2/h14,18-22,24-25,29H,3,6-13,15H2,1-2,4-5H3/t18-,19?,20?,21+,22?,24?,25?,26-,27-/m0/s1. The molecule has 33 heavy (non-hydrogen) atoms. The van der Waals surface area contributed by atoms with Gasteiger partial charge in [-0.3, -0.25) is 4.79 Å². The Morgan fingerprint density at radius 3 is 2.70 bits per heavy atom. The number of allylic oxidation sites excluding steroid dienone is 1. The van der Waals surface area contributed by atoms with Crippen LogP contribution in [-0.2, 0) is 19.3 Å². The monoisotopic (exact) mass is 524 g/mol. The Morgan fingerprint density at radius 1 is 1.24 bits per heavy atom. The number of ether oxygens (including phenoxy) is 1. The highest BCUT2D eigenvalue weighted by atomic mass is 79.9. The molecule has 3 saturated carbocycles. The highest BCUT2D eigenvalue weighted by Gasteiger charge is 2.63. The second-order valence-corrected chi connectivity index (χ2v) is 12.5. The van der Waals surface area contributed by atoms with Crippen LogP contribution in [0.15, 0.2) is 24.0 Å². The molecule has 0 bridgehead atoms. The molecule has 5 unspecified atom stereocenters. The second kappa shape index (κ2) is 9.66. The van der Waals surface area contributed by atoms with Crippen molar-refractivity contribution in [3.8, 4) is 0 Å². The molecule has 0 amide bonds. The first-order valence-electron chi connectivity index (χ1n) is 12.9. The van der Waals surface area contributed by atoms with Crippen molar-refractivity contribution in [3.63, 3.8) is 0 Å². The Hall–Kier alpha value is -0.850. The molecule has 0 aliphatic heterocycles. The van der Waals surface area contributed by atoms with E-state index in [1.54, 1.807) is 0 Å². The van der Waals surface area contributed by atoms with Crippen LogP contribution in [0.5, 0.6) is 0 Å². The van der Waals surface area contributed by atoms with E-state index in [1.165, 1.54) is 5.57 Å². The van der Waals surface area contributed by atoms with Crippen LogP contribution in [0.1, 0.15) is 85.5 Å². The number of aliphatic hydroxyl groups excluding tert-OH is 1. The Balaban J connectivity index is 1.52. The molecule has 0 aromatic carbocycles. The summed E-state index contributed by atoms with van der Waals surface area (Å²) in [7, 11) is 0. The van der Waals surface area contributed by atoms with Gasteiger partial charge in [-0.2, -0.15) is 4.89 Å². The molecule has 6 heteroatoms. The van der Waals surface area contributed by atoms with Gasteiger partial charge in [0.1, 0.15) is 18.0 Å². The molecule has 1 N–H and O–H groups in total. The van der Waals surface area contributed by atoms with Crippen LogP contribution in [0.2, 0.25) is 0 Å². The van der Waals surface area contributed by atoms with E-state index in [-0.39, 0.29) is 39.8 Å². The number of aliphatic hydroxyl groups is 1. The molecular weight excluding hydrogens is 484 g/mol. The molecule has 186 valence electrons. The predicted molar refractivity (Wildman–Crippen MR) is 131 cm³/mol. The summed E-state index contributed by atoms with van der Waals surface area (Å²) in [6, 6.07) is 0. The molecule has 4 aliphatic carbocycles. The minimum atomic E-state index is -0.474. The predicted octanol–water partition coefficient (Wildman–Crippen LogP) is 6.25. The maximum absolute atomic E-state index is 12.1. The van der Waals surface area contributed by atoms with Crippen LogP contribution < -0.4 is 0 Å². The number of esters is 1. The zero-order valence-electron chi connectivity index (χ0n) is 20.6. The summed E-state index contributed by atoms with van der Waals surface area (Å²) in [6.07, 6.45) is 9.52. The van der Waals surface area contributed by atoms with Gasteiger partial charge in [-0.15, -0.1) is 0 Å². The number of hydrogen-bond acceptors (Lipinski definition) is 5. The number of fused-ring (bicyclic) bond motifs is 5. The quantitative estimate of drug-likeness (QED) is 0.106. The fraction of sp³-hybridized carbons (Fsp3) is 0.815. The first-order valence-corrected chi connectivity index (χ1v) is 13.8. The lowest BCUT2D eigenvalue weighted by molar-refractivity contribution is -0.301. The van der Waals surface area contributed by atoms with Crippen molar-refractivity contribution in [1.82, 2.24) is 0 Å². The molecule has 0 radical (unpaired) electrons. The number of halogens is 1. The molecule has 5 nitrogen and oxygen atoms in total. The van der Waals surface area contributed by atoms with E-state index < -0.39 is 6.10 Å². The molecule has 4 aliphatic rings. The van der Waals surface area contributed by atoms with Crippen LogP contribution in [0.3, 0.4) is 0 Å². The van der Waals surface area contributed by atoms with Gasteiger partial charge in [0.15, 0.2) is 0 Å². The average Bonchev–Trinajstić information content (AvgIpc) is 3.03. The van der Waals surface area contributed by atoms with Crippen molar-refractivity contribution >= 4 is 21.9 Å². The molecule has 0 spiro atoms. The highest BCUT2D eigenvalue weighted by molar-refractivity contribution is 9.09. The van der Waals surface area contributed by atoms with Gasteiger partial charge in [0.05, 0.1) is 10.9 Å². The van der Waals surface area contributed by atoms with Gasteiger partial charge in [-0.25, -0.2) is 0 Å². The molecule has 0 aromatic rings. The van der Waals surface area contributed by atoms with E-state index in [2.05, 4.69) is 49.4 Å². The third kappa shape index (κ3) is 4.45. The Morgan fingerprint density at radius 2 is 2.00 bits per heavy atom. The van der Waals surface area contributed by atoms with E-state index in [0.717, 1.165) is 51.4 Å². The lowest BCUT2D eigenvalue weighted by Crippen LogP contribution is -2.55. The third-order valence-corrected chi connectivity index (χ3v) is 10.2. The lowest BCUT2D eigenvalue weighted by atomic mass is 9.47. The SMILES string of the molecule is C=C(CCC)OO[C@H]1CC[C@@]2(C)C(=CC(O)C3C4C[C@@H](Br)C(OC(=O)CC)[C@@]4(C)CCC32)C1. The van der Waals surface area contributed by atoms with Gasteiger partial charge in [-0.1, -0.05) is 61.9 Å². The van der Waals surface area contributed by atoms with Gasteiger partial charge < -0.3 is 14.7 Å². The van der Waals surface area contributed by atoms with Gasteiger partial charge in [0.25, 0.3) is 0 Å². The summed E-state index contributed by atoms with van der Waals surface area (Å²) < 4.78 is 5.95. The van der Waals surface area contributed by atoms with Gasteiger partial charge >= 0.3 is 5.97 Å². The minimum Gasteiger partial charge on any atom is -0.461 e. The van der Waals surface area contributed by atoms with E-state index in [4.69, 9.17) is 14.5 Å². The summed E-state index contributed by atoms with van der Waals surface area (Å²) in [4.78, 5) is 23.5. The third-order valence-electron chi connectivity index (χ3n) is 9.36. The van der Waals surface area contributed by atoms with Crippen LogP contribution in [-0.4, -0.2) is 34.2 Å². The van der Waals surface area contributed by atoms with E-state index in [9.17, 15) is 9.90 Å². The summed E-state index contributed by atoms with van der Waals surface area (Å²) >= 11 is 3.84. The van der Waals surface area contributed by atoms with Crippen LogP contribution in [0.4, 0.5) is 0 Å². The molecule has 4 rings (SSSR count). The van der Waals surface area contributed by atoms with Crippen LogP contribution in [0, 0.1) is 28.6 Å². The maximum Gasteiger partial charge on any atom is 0.305 e. The van der Waals surface area contributed by atoms with Gasteiger partial charge in [0.2, 0.25) is 0 Å². The fourth-order valence-electron chi connectivity index (χ4n) is 7.52. The van der Waals surface area contributed by atoms with E-state index in [0.29, 0.717) is 24.0 Å². The molecule has 0 aromatic heterocycles.